The average Bonchev–Trinajstić information content (AvgIpc) is 3.23. The van der Waals surface area contributed by atoms with Crippen LogP contribution in [0.4, 0.5) is 0 Å². The fourth-order valence-electron chi connectivity index (χ4n) is 2.67. The van der Waals surface area contributed by atoms with Crippen molar-refractivity contribution in [2.45, 2.75) is 13.0 Å². The van der Waals surface area contributed by atoms with Crippen LogP contribution in [0.2, 0.25) is 0 Å². The van der Waals surface area contributed by atoms with Crippen LogP contribution in [0.15, 0.2) is 60.5 Å². The highest BCUT2D eigenvalue weighted by molar-refractivity contribution is 5.81. The van der Waals surface area contributed by atoms with Gasteiger partial charge in [-0.05, 0) is 42.5 Å². The maximum atomic E-state index is 5.92. The Kier molecular flexibility index (Phi) is 2.41. The molecule has 0 amide bonds. The molecule has 1 saturated carbocycles. The number of hydrogen-bond acceptors (Lipinski definition) is 2. The van der Waals surface area contributed by atoms with Crippen molar-refractivity contribution >= 4 is 10.9 Å². The number of benzene rings is 1. The van der Waals surface area contributed by atoms with Gasteiger partial charge in [0.15, 0.2) is 0 Å². The third-order valence-corrected chi connectivity index (χ3v) is 3.91. The van der Waals surface area contributed by atoms with Gasteiger partial charge in [0, 0.05) is 17.1 Å². The van der Waals surface area contributed by atoms with E-state index in [1.807, 2.05) is 30.5 Å². The van der Waals surface area contributed by atoms with Gasteiger partial charge in [-0.25, -0.2) is 0 Å². The summed E-state index contributed by atoms with van der Waals surface area (Å²) in [6, 6.07) is 10.2. The molecule has 2 heteroatoms. The number of allylic oxidation sites excluding steroid dienone is 3. The lowest BCUT2D eigenvalue weighted by atomic mass is 10.1. The van der Waals surface area contributed by atoms with Gasteiger partial charge in [-0.2, -0.15) is 0 Å². The molecule has 1 heterocycles. The molecule has 0 spiro atoms. The zero-order valence-corrected chi connectivity index (χ0v) is 10.6. The van der Waals surface area contributed by atoms with Crippen LogP contribution in [0.25, 0.3) is 10.9 Å². The summed E-state index contributed by atoms with van der Waals surface area (Å²) in [7, 11) is 0. The number of aromatic nitrogens is 1. The summed E-state index contributed by atoms with van der Waals surface area (Å²) < 4.78 is 5.92. The Balaban J connectivity index is 1.57. The van der Waals surface area contributed by atoms with Crippen LogP contribution < -0.4 is 0 Å². The number of fused-ring (bicyclic) bond motifs is 2. The maximum absolute atomic E-state index is 5.92. The molecule has 2 unspecified atom stereocenters. The molecule has 0 saturated heterocycles. The lowest BCUT2D eigenvalue weighted by molar-refractivity contribution is 0.209. The van der Waals surface area contributed by atoms with Crippen molar-refractivity contribution in [3.05, 3.63) is 66.1 Å². The molecule has 94 valence electrons. The minimum Gasteiger partial charge on any atom is -0.489 e. The van der Waals surface area contributed by atoms with Crippen molar-refractivity contribution in [2.75, 3.05) is 0 Å². The first kappa shape index (κ1) is 10.8. The van der Waals surface area contributed by atoms with Gasteiger partial charge in [-0.15, -0.1) is 0 Å². The molecular formula is C17H15NO. The van der Waals surface area contributed by atoms with Crippen LogP contribution in [0.5, 0.6) is 0 Å². The van der Waals surface area contributed by atoms with Gasteiger partial charge in [0.2, 0.25) is 0 Å². The number of pyridine rings is 1. The first-order valence-electron chi connectivity index (χ1n) is 6.75. The second-order valence-corrected chi connectivity index (χ2v) is 5.27. The number of nitrogens with zero attached hydrogens (tertiary/aromatic N) is 1. The Hall–Kier alpha value is -2.09. The van der Waals surface area contributed by atoms with E-state index in [-0.39, 0.29) is 0 Å². The summed E-state index contributed by atoms with van der Waals surface area (Å²) >= 11 is 0. The molecule has 0 bridgehead atoms. The molecule has 0 aliphatic heterocycles. The number of hydrogen-bond donors (Lipinski definition) is 0. The van der Waals surface area contributed by atoms with Crippen LogP contribution in [0.3, 0.4) is 0 Å². The van der Waals surface area contributed by atoms with Gasteiger partial charge in [0.05, 0.1) is 5.52 Å². The van der Waals surface area contributed by atoms with Crippen molar-refractivity contribution in [1.29, 1.82) is 0 Å². The maximum Gasteiger partial charge on any atom is 0.115 e. The minimum atomic E-state index is 0.608. The van der Waals surface area contributed by atoms with E-state index < -0.39 is 0 Å². The zero-order valence-electron chi connectivity index (χ0n) is 10.6. The number of para-hydroxylation sites is 1. The second-order valence-electron chi connectivity index (χ2n) is 5.27. The standard InChI is InChI=1S/C17H15NO/c1-2-4-17-16(3-1)13(7-8-18-17)11-19-15-6-5-12-9-14(12)10-15/h1-8,10,12,14H,9,11H2. The van der Waals surface area contributed by atoms with Gasteiger partial charge in [0.25, 0.3) is 0 Å². The summed E-state index contributed by atoms with van der Waals surface area (Å²) in [5.74, 6) is 2.53. The Bertz CT molecular complexity index is 681. The quantitative estimate of drug-likeness (QED) is 0.824. The molecule has 2 aromatic rings. The van der Waals surface area contributed by atoms with Crippen LogP contribution in [-0.2, 0) is 11.3 Å². The van der Waals surface area contributed by atoms with Gasteiger partial charge in [-0.1, -0.05) is 24.3 Å². The third-order valence-electron chi connectivity index (χ3n) is 3.91. The van der Waals surface area contributed by atoms with E-state index in [1.165, 1.54) is 17.4 Å². The molecule has 0 radical (unpaired) electrons. The van der Waals surface area contributed by atoms with E-state index in [2.05, 4.69) is 29.3 Å². The highest BCUT2D eigenvalue weighted by Gasteiger charge is 2.35. The molecular weight excluding hydrogens is 234 g/mol. The smallest absolute Gasteiger partial charge is 0.115 e. The topological polar surface area (TPSA) is 22.1 Å². The van der Waals surface area contributed by atoms with E-state index in [1.54, 1.807) is 0 Å². The predicted molar refractivity (Wildman–Crippen MR) is 75.4 cm³/mol. The summed E-state index contributed by atoms with van der Waals surface area (Å²) in [6.07, 6.45) is 9.78. The van der Waals surface area contributed by atoms with Crippen molar-refractivity contribution in [1.82, 2.24) is 4.98 Å². The molecule has 1 fully saturated rings. The van der Waals surface area contributed by atoms with E-state index in [0.29, 0.717) is 6.61 Å². The molecule has 19 heavy (non-hydrogen) atoms. The van der Waals surface area contributed by atoms with E-state index >= 15 is 0 Å². The number of ether oxygens (including phenoxy) is 1. The largest absolute Gasteiger partial charge is 0.489 e. The molecule has 2 nitrogen and oxygen atoms in total. The Morgan fingerprint density at radius 1 is 1.16 bits per heavy atom. The van der Waals surface area contributed by atoms with Gasteiger partial charge >= 0.3 is 0 Å². The molecule has 0 N–H and O–H groups in total. The lowest BCUT2D eigenvalue weighted by Gasteiger charge is -2.11. The van der Waals surface area contributed by atoms with Crippen molar-refractivity contribution in [3.8, 4) is 0 Å². The van der Waals surface area contributed by atoms with Gasteiger partial charge in [-0.3, -0.25) is 4.98 Å². The predicted octanol–water partition coefficient (Wildman–Crippen LogP) is 3.84. The molecule has 2 aliphatic rings. The highest BCUT2D eigenvalue weighted by atomic mass is 16.5. The Labute approximate surface area is 112 Å². The molecule has 1 aromatic carbocycles. The van der Waals surface area contributed by atoms with Crippen molar-refractivity contribution < 1.29 is 4.74 Å². The zero-order chi connectivity index (χ0) is 12.7. The average molecular weight is 249 g/mol. The third kappa shape index (κ3) is 2.03. The first-order valence-corrected chi connectivity index (χ1v) is 6.75. The van der Waals surface area contributed by atoms with E-state index in [0.717, 1.165) is 23.1 Å². The second kappa shape index (κ2) is 4.23. The summed E-state index contributed by atoms with van der Waals surface area (Å²) in [4.78, 5) is 4.37. The van der Waals surface area contributed by atoms with E-state index in [9.17, 15) is 0 Å². The van der Waals surface area contributed by atoms with Crippen LogP contribution >= 0.6 is 0 Å². The Morgan fingerprint density at radius 3 is 3.05 bits per heavy atom. The fourth-order valence-corrected chi connectivity index (χ4v) is 2.67. The minimum absolute atomic E-state index is 0.608. The van der Waals surface area contributed by atoms with E-state index in [4.69, 9.17) is 4.74 Å². The number of rotatable bonds is 3. The van der Waals surface area contributed by atoms with Gasteiger partial charge < -0.3 is 4.74 Å². The van der Waals surface area contributed by atoms with Gasteiger partial charge in [0.1, 0.15) is 12.4 Å². The van der Waals surface area contributed by atoms with Crippen molar-refractivity contribution in [2.24, 2.45) is 11.8 Å². The first-order chi connectivity index (χ1) is 9.40. The molecule has 1 aromatic heterocycles. The van der Waals surface area contributed by atoms with Crippen LogP contribution in [-0.4, -0.2) is 4.98 Å². The SMILES string of the molecule is C1=CC2CC2C=C1OCc1ccnc2ccccc12. The summed E-state index contributed by atoms with van der Waals surface area (Å²) in [6.45, 7) is 0.608. The molecule has 2 atom stereocenters. The summed E-state index contributed by atoms with van der Waals surface area (Å²) in [5.41, 5.74) is 2.22. The van der Waals surface area contributed by atoms with Crippen LogP contribution in [0.1, 0.15) is 12.0 Å². The van der Waals surface area contributed by atoms with Crippen LogP contribution in [0, 0.1) is 11.8 Å². The summed E-state index contributed by atoms with van der Waals surface area (Å²) in [5, 5.41) is 1.18. The molecule has 4 rings (SSSR count). The molecule has 2 aliphatic carbocycles. The Morgan fingerprint density at radius 2 is 2.11 bits per heavy atom. The normalized spacial score (nSPS) is 23.9. The van der Waals surface area contributed by atoms with Crippen molar-refractivity contribution in [3.63, 3.8) is 0 Å². The highest BCUT2D eigenvalue weighted by Crippen LogP contribution is 2.44. The fraction of sp³-hybridized carbons (Fsp3) is 0.235. The monoisotopic (exact) mass is 249 g/mol. The lowest BCUT2D eigenvalue weighted by Crippen LogP contribution is -1.96.